The third-order valence-corrected chi connectivity index (χ3v) is 6.71. The van der Waals surface area contributed by atoms with Crippen LogP contribution in [0.3, 0.4) is 0 Å². The molecule has 1 unspecified atom stereocenters. The molecule has 1 atom stereocenters. The van der Waals surface area contributed by atoms with Crippen molar-refractivity contribution in [2.45, 2.75) is 25.3 Å². The largest absolute Gasteiger partial charge is 0.477 e. The minimum atomic E-state index is -3.47. The van der Waals surface area contributed by atoms with E-state index in [1.807, 2.05) is 0 Å². The average molecular weight is 530 g/mol. The number of aromatic amines is 1. The minimum Gasteiger partial charge on any atom is -0.477 e. The fraction of sp³-hybridized carbons (Fsp3) is 0.208. The summed E-state index contributed by atoms with van der Waals surface area (Å²) in [6.07, 6.45) is 2.47. The number of hydrogen-bond acceptors (Lipinski definition) is 6. The highest BCUT2D eigenvalue weighted by molar-refractivity contribution is 7.89. The number of carboxylic acids is 1. The van der Waals surface area contributed by atoms with Crippen LogP contribution < -0.4 is 16.8 Å². The van der Waals surface area contributed by atoms with Crippen LogP contribution in [-0.4, -0.2) is 41.3 Å². The lowest BCUT2D eigenvalue weighted by molar-refractivity contribution is 0.0692. The van der Waals surface area contributed by atoms with Gasteiger partial charge in [-0.2, -0.15) is 0 Å². The predicted molar refractivity (Wildman–Crippen MR) is 135 cm³/mol. The first kappa shape index (κ1) is 25.7. The van der Waals surface area contributed by atoms with E-state index >= 15 is 0 Å². The topological polar surface area (TPSA) is 184 Å². The molecule has 0 fully saturated rings. The van der Waals surface area contributed by atoms with Crippen molar-refractivity contribution >= 4 is 32.7 Å². The summed E-state index contributed by atoms with van der Waals surface area (Å²) in [5.74, 6) is -3.21. The summed E-state index contributed by atoms with van der Waals surface area (Å²) < 4.78 is 44.5. The predicted octanol–water partition coefficient (Wildman–Crippen LogP) is 2.56. The number of sulfone groups is 1. The Morgan fingerprint density at radius 2 is 2.05 bits per heavy atom. The van der Waals surface area contributed by atoms with Crippen LogP contribution in [0.15, 0.2) is 51.8 Å². The van der Waals surface area contributed by atoms with Crippen LogP contribution in [0.1, 0.15) is 40.3 Å². The molecule has 0 aliphatic heterocycles. The smallest absolute Gasteiger partial charge is 0.419 e. The maximum atomic E-state index is 14.8. The van der Waals surface area contributed by atoms with Crippen LogP contribution in [0.25, 0.3) is 22.0 Å². The molecule has 6 N–H and O–H groups in total. The standard InChI is InChI=1S/C24H24FN5O6S/c1-12(30-10-15(36-24(30)33)9-28-23(26)27)16-4-3-5-17-19(21(22(31)32)29-20(16)17)13-6-7-14(18(25)8-13)11-37(2,34)35/h3-8,10,12,29H,9,11H2,1-2H3,(H,31,32)(H4,26,27,28). The maximum Gasteiger partial charge on any atom is 0.419 e. The highest BCUT2D eigenvalue weighted by Gasteiger charge is 2.24. The second-order valence-corrected chi connectivity index (χ2v) is 10.8. The number of carboxylic acid groups (broad SMARTS) is 1. The van der Waals surface area contributed by atoms with Gasteiger partial charge in [-0.05, 0) is 24.1 Å². The quantitative estimate of drug-likeness (QED) is 0.170. The van der Waals surface area contributed by atoms with Gasteiger partial charge in [-0.25, -0.2) is 22.4 Å². The molecule has 0 amide bonds. The zero-order valence-corrected chi connectivity index (χ0v) is 20.6. The molecule has 11 nitrogen and oxygen atoms in total. The Kier molecular flexibility index (Phi) is 6.65. The second-order valence-electron chi connectivity index (χ2n) is 8.64. The zero-order valence-electron chi connectivity index (χ0n) is 19.8. The molecular weight excluding hydrogens is 505 g/mol. The first-order chi connectivity index (χ1) is 17.4. The Labute approximate surface area is 210 Å². The lowest BCUT2D eigenvalue weighted by Gasteiger charge is -2.13. The lowest BCUT2D eigenvalue weighted by Crippen LogP contribution is -2.29. The van der Waals surface area contributed by atoms with Crippen molar-refractivity contribution in [3.8, 4) is 11.1 Å². The van der Waals surface area contributed by atoms with Gasteiger partial charge in [0.1, 0.15) is 17.3 Å². The van der Waals surface area contributed by atoms with Gasteiger partial charge in [0.25, 0.3) is 0 Å². The molecule has 0 saturated heterocycles. The Bertz CT molecular complexity index is 1700. The number of nitrogens with two attached hydrogens (primary N) is 1. The number of nitrogens with zero attached hydrogens (tertiary/aromatic N) is 1. The van der Waals surface area contributed by atoms with Crippen molar-refractivity contribution in [3.63, 3.8) is 0 Å². The molecule has 2 aromatic carbocycles. The molecule has 194 valence electrons. The molecule has 4 rings (SSSR count). The summed E-state index contributed by atoms with van der Waals surface area (Å²) >= 11 is 0. The van der Waals surface area contributed by atoms with Crippen molar-refractivity contribution in [2.75, 3.05) is 6.26 Å². The van der Waals surface area contributed by atoms with Crippen LogP contribution in [0.5, 0.6) is 0 Å². The number of benzene rings is 2. The van der Waals surface area contributed by atoms with Gasteiger partial charge in [0.2, 0.25) is 0 Å². The average Bonchev–Trinajstić information content (AvgIpc) is 3.38. The van der Waals surface area contributed by atoms with Gasteiger partial charge in [-0.3, -0.25) is 9.98 Å². The van der Waals surface area contributed by atoms with E-state index in [0.29, 0.717) is 16.5 Å². The number of aromatic carboxylic acids is 1. The molecule has 0 aliphatic carbocycles. The number of carbonyl (C=O) groups is 1. The number of aromatic nitrogens is 2. The first-order valence-corrected chi connectivity index (χ1v) is 13.0. The number of hydrogen-bond donors (Lipinski definition) is 5. The van der Waals surface area contributed by atoms with E-state index in [4.69, 9.17) is 15.6 Å². The van der Waals surface area contributed by atoms with Crippen LogP contribution in [-0.2, 0) is 22.1 Å². The Balaban J connectivity index is 1.82. The highest BCUT2D eigenvalue weighted by Crippen LogP contribution is 2.37. The maximum absolute atomic E-state index is 14.8. The third-order valence-electron chi connectivity index (χ3n) is 5.87. The van der Waals surface area contributed by atoms with Gasteiger partial charge in [0.05, 0.1) is 30.1 Å². The van der Waals surface area contributed by atoms with Crippen molar-refractivity contribution in [1.29, 1.82) is 5.41 Å². The van der Waals surface area contributed by atoms with Crippen LogP contribution in [0, 0.1) is 11.2 Å². The second kappa shape index (κ2) is 9.58. The summed E-state index contributed by atoms with van der Waals surface area (Å²) in [5, 5.41) is 20.2. The van der Waals surface area contributed by atoms with Crippen molar-refractivity contribution in [1.82, 2.24) is 14.9 Å². The number of para-hydroxylation sites is 1. The number of halogens is 1. The number of rotatable bonds is 8. The fourth-order valence-corrected chi connectivity index (χ4v) is 5.03. The number of fused-ring (bicyclic) bond motifs is 1. The number of nitrogens with one attached hydrogen (secondary N) is 3. The molecule has 0 radical (unpaired) electrons. The summed E-state index contributed by atoms with van der Waals surface area (Å²) in [4.78, 5) is 27.5. The van der Waals surface area contributed by atoms with Crippen LogP contribution >= 0.6 is 0 Å². The Morgan fingerprint density at radius 3 is 2.68 bits per heavy atom. The van der Waals surface area contributed by atoms with Gasteiger partial charge >= 0.3 is 11.7 Å². The SMILES string of the molecule is CC(c1cccc2c(-c3ccc(CS(C)(=O)=O)c(F)c3)c(C(=O)O)[nH]c12)n1cc(CNC(=N)N)oc1=O. The zero-order chi connectivity index (χ0) is 27.1. The molecule has 37 heavy (non-hydrogen) atoms. The first-order valence-electron chi connectivity index (χ1n) is 11.0. The van der Waals surface area contributed by atoms with Crippen molar-refractivity contribution in [2.24, 2.45) is 5.73 Å². The summed E-state index contributed by atoms with van der Waals surface area (Å²) in [5.41, 5.74) is 6.56. The minimum absolute atomic E-state index is 0.0216. The molecule has 13 heteroatoms. The van der Waals surface area contributed by atoms with Crippen molar-refractivity contribution in [3.05, 3.63) is 81.5 Å². The van der Waals surface area contributed by atoms with E-state index in [1.54, 1.807) is 25.1 Å². The van der Waals surface area contributed by atoms with Gasteiger partial charge in [0, 0.05) is 22.8 Å². The number of H-pyrrole nitrogens is 1. The number of guanidine groups is 1. The molecule has 0 aliphatic rings. The van der Waals surface area contributed by atoms with Gasteiger partial charge in [-0.15, -0.1) is 0 Å². The van der Waals surface area contributed by atoms with E-state index < -0.39 is 39.2 Å². The van der Waals surface area contributed by atoms with Crippen LogP contribution in [0.4, 0.5) is 4.39 Å². The van der Waals surface area contributed by atoms with E-state index in [2.05, 4.69) is 10.3 Å². The summed E-state index contributed by atoms with van der Waals surface area (Å²) in [6.45, 7) is 1.76. The normalized spacial score (nSPS) is 12.5. The molecule has 0 bridgehead atoms. The van der Waals surface area contributed by atoms with Gasteiger partial charge < -0.3 is 25.6 Å². The van der Waals surface area contributed by atoms with Crippen molar-refractivity contribution < 1.29 is 27.1 Å². The van der Waals surface area contributed by atoms with E-state index in [-0.39, 0.29) is 40.6 Å². The molecule has 4 aromatic rings. The Morgan fingerprint density at radius 1 is 1.32 bits per heavy atom. The molecule has 0 saturated carbocycles. The number of oxazole rings is 1. The summed E-state index contributed by atoms with van der Waals surface area (Å²) in [6, 6.07) is 8.41. The third kappa shape index (κ3) is 5.26. The fourth-order valence-electron chi connectivity index (χ4n) is 4.23. The molecular formula is C24H24FN5O6S. The monoisotopic (exact) mass is 529 g/mol. The highest BCUT2D eigenvalue weighted by atomic mass is 32.2. The van der Waals surface area contributed by atoms with E-state index in [9.17, 15) is 27.5 Å². The van der Waals surface area contributed by atoms with Gasteiger partial charge in [0.15, 0.2) is 15.8 Å². The molecule has 2 aromatic heterocycles. The van der Waals surface area contributed by atoms with E-state index in [0.717, 1.165) is 12.3 Å². The van der Waals surface area contributed by atoms with Crippen LogP contribution in [0.2, 0.25) is 0 Å². The Hall–Kier alpha value is -4.39. The lowest BCUT2D eigenvalue weighted by atomic mass is 9.98. The summed E-state index contributed by atoms with van der Waals surface area (Å²) in [7, 11) is -3.47. The molecule has 2 heterocycles. The van der Waals surface area contributed by atoms with E-state index in [1.165, 1.54) is 22.9 Å². The van der Waals surface area contributed by atoms with Gasteiger partial charge in [-0.1, -0.05) is 30.3 Å². The molecule has 0 spiro atoms.